The van der Waals surface area contributed by atoms with Crippen molar-refractivity contribution in [2.75, 3.05) is 9.80 Å². The largest absolute Gasteiger partial charge is 0.311 e. The minimum absolute atomic E-state index is 0.00830. The van der Waals surface area contributed by atoms with Crippen LogP contribution < -0.4 is 9.80 Å². The highest BCUT2D eigenvalue weighted by Crippen LogP contribution is 2.40. The second kappa shape index (κ2) is 15.7. The van der Waals surface area contributed by atoms with E-state index in [0.29, 0.717) is 0 Å². The van der Waals surface area contributed by atoms with Gasteiger partial charge >= 0.3 is 0 Å². The first-order valence-corrected chi connectivity index (χ1v) is 18.3. The predicted molar refractivity (Wildman–Crippen MR) is 225 cm³/mol. The third-order valence-corrected chi connectivity index (χ3v) is 9.90. The van der Waals surface area contributed by atoms with Gasteiger partial charge < -0.3 is 9.80 Å². The lowest BCUT2D eigenvalue weighted by Crippen LogP contribution is -2.11. The van der Waals surface area contributed by atoms with Crippen molar-refractivity contribution >= 4 is 39.9 Å². The maximum absolute atomic E-state index is 11.9. The van der Waals surface area contributed by atoms with E-state index in [1.165, 1.54) is 16.7 Å². The Hall–Kier alpha value is -6.97. The number of benzene rings is 8. The van der Waals surface area contributed by atoms with Crippen LogP contribution in [0.1, 0.15) is 39.9 Å². The van der Waals surface area contributed by atoms with Gasteiger partial charge in [0.2, 0.25) is 0 Å². The highest BCUT2D eigenvalue weighted by atomic mass is 16.1. The molecule has 0 aliphatic heterocycles. The van der Waals surface area contributed by atoms with Crippen LogP contribution in [0.4, 0.5) is 34.1 Å². The van der Waals surface area contributed by atoms with Gasteiger partial charge in [-0.25, -0.2) is 0 Å². The van der Waals surface area contributed by atoms with Gasteiger partial charge in [-0.2, -0.15) is 0 Å². The zero-order valence-electron chi connectivity index (χ0n) is 30.2. The molecule has 0 saturated carbocycles. The van der Waals surface area contributed by atoms with Crippen molar-refractivity contribution in [3.8, 4) is 11.1 Å². The summed E-state index contributed by atoms with van der Waals surface area (Å²) in [4.78, 5) is 16.5. The van der Waals surface area contributed by atoms with E-state index in [1.54, 1.807) is 6.92 Å². The molecule has 0 N–H and O–H groups in total. The molecular formula is C51H40N2O. The molecule has 8 aromatic carbocycles. The minimum atomic E-state index is -0.00830. The summed E-state index contributed by atoms with van der Waals surface area (Å²) >= 11 is 0. The Morgan fingerprint density at radius 3 is 0.889 bits per heavy atom. The molecule has 54 heavy (non-hydrogen) atoms. The lowest BCUT2D eigenvalue weighted by Gasteiger charge is -2.27. The first-order valence-electron chi connectivity index (χ1n) is 18.3. The first-order chi connectivity index (χ1) is 26.6. The van der Waals surface area contributed by atoms with E-state index in [2.05, 4.69) is 204 Å². The number of hydrogen-bond acceptors (Lipinski definition) is 3. The van der Waals surface area contributed by atoms with E-state index in [-0.39, 0.29) is 11.7 Å². The molecule has 0 fully saturated rings. The van der Waals surface area contributed by atoms with Crippen molar-refractivity contribution in [1.82, 2.24) is 0 Å². The number of para-hydroxylation sites is 4. The molecule has 0 aromatic heterocycles. The molecule has 3 heteroatoms. The second-order valence-corrected chi connectivity index (χ2v) is 13.4. The Morgan fingerprint density at radius 2 is 0.593 bits per heavy atom. The van der Waals surface area contributed by atoms with Gasteiger partial charge in [0.1, 0.15) is 0 Å². The van der Waals surface area contributed by atoms with Crippen LogP contribution in [0.15, 0.2) is 218 Å². The first kappa shape index (κ1) is 34.1. The van der Waals surface area contributed by atoms with Gasteiger partial charge in [-0.05, 0) is 108 Å². The molecule has 0 unspecified atom stereocenters. The van der Waals surface area contributed by atoms with Crippen molar-refractivity contribution in [1.29, 1.82) is 0 Å². The van der Waals surface area contributed by atoms with Gasteiger partial charge in [-0.15, -0.1) is 0 Å². The highest BCUT2D eigenvalue weighted by Gasteiger charge is 2.20. The molecule has 0 radical (unpaired) electrons. The van der Waals surface area contributed by atoms with E-state index < -0.39 is 0 Å². The number of anilines is 6. The van der Waals surface area contributed by atoms with Crippen LogP contribution in [0.2, 0.25) is 0 Å². The predicted octanol–water partition coefficient (Wildman–Crippen LogP) is 13.7. The summed E-state index contributed by atoms with van der Waals surface area (Å²) in [6.45, 7) is 1.60. The van der Waals surface area contributed by atoms with Gasteiger partial charge in [0.05, 0.1) is 0 Å². The number of Topliss-reactive ketones (excluding diaryl/α,β-unsaturated/α-hetero) is 1. The number of nitrogens with zero attached hydrogens (tertiary/aromatic N) is 2. The Morgan fingerprint density at radius 1 is 0.333 bits per heavy atom. The molecule has 0 heterocycles. The van der Waals surface area contributed by atoms with E-state index in [4.69, 9.17) is 0 Å². The fraction of sp³-hybridized carbons (Fsp3) is 0.0392. The van der Waals surface area contributed by atoms with Crippen LogP contribution in [0.3, 0.4) is 0 Å². The van der Waals surface area contributed by atoms with Crippen molar-refractivity contribution < 1.29 is 4.79 Å². The van der Waals surface area contributed by atoms with E-state index in [0.717, 1.165) is 50.8 Å². The Bertz CT molecular complexity index is 2210. The van der Waals surface area contributed by atoms with Crippen LogP contribution in [0.5, 0.6) is 0 Å². The molecule has 0 amide bonds. The van der Waals surface area contributed by atoms with Gasteiger partial charge in [0.25, 0.3) is 0 Å². The minimum Gasteiger partial charge on any atom is -0.311 e. The molecule has 0 saturated heterocycles. The fourth-order valence-corrected chi connectivity index (χ4v) is 7.18. The van der Waals surface area contributed by atoms with Crippen molar-refractivity contribution in [3.05, 3.63) is 241 Å². The molecule has 8 rings (SSSR count). The summed E-state index contributed by atoms with van der Waals surface area (Å²) in [6, 6.07) is 76.7. The molecule has 0 aliphatic carbocycles. The molecule has 260 valence electrons. The summed E-state index contributed by atoms with van der Waals surface area (Å²) < 4.78 is 0. The summed E-state index contributed by atoms with van der Waals surface area (Å²) in [7, 11) is 0. The zero-order valence-corrected chi connectivity index (χ0v) is 30.2. The summed E-state index contributed by atoms with van der Waals surface area (Å²) in [5, 5.41) is 0. The lowest BCUT2D eigenvalue weighted by molar-refractivity contribution is 0.101. The summed E-state index contributed by atoms with van der Waals surface area (Å²) in [6.07, 6.45) is 0. The highest BCUT2D eigenvalue weighted by molar-refractivity contribution is 5.94. The number of rotatable bonds is 11. The average molecular weight is 697 g/mol. The lowest BCUT2D eigenvalue weighted by atomic mass is 9.84. The summed E-state index contributed by atoms with van der Waals surface area (Å²) in [5.41, 5.74) is 13.1. The molecule has 0 bridgehead atoms. The third kappa shape index (κ3) is 7.34. The number of hydrogen-bond donors (Lipinski definition) is 0. The molecular weight excluding hydrogens is 657 g/mol. The number of ketones is 1. The Kier molecular flexibility index (Phi) is 9.94. The number of carbonyl (C=O) groups excluding carboxylic acids is 1. The third-order valence-electron chi connectivity index (χ3n) is 9.90. The molecule has 0 aliphatic rings. The van der Waals surface area contributed by atoms with Gasteiger partial charge in [-0.3, -0.25) is 4.79 Å². The van der Waals surface area contributed by atoms with Gasteiger partial charge in [0, 0.05) is 45.6 Å². The van der Waals surface area contributed by atoms with E-state index in [9.17, 15) is 4.79 Å². The second-order valence-electron chi connectivity index (χ2n) is 13.4. The molecule has 3 nitrogen and oxygen atoms in total. The SMILES string of the molecule is CC(=O)c1ccc(-c2ccc(C(c3ccc(N(c4ccccc4)c4ccccc4)cc3)c3ccc(N(c4ccccc4)c4ccccc4)cc3)cc2)cc1. The van der Waals surface area contributed by atoms with Crippen LogP contribution in [0.25, 0.3) is 11.1 Å². The summed E-state index contributed by atoms with van der Waals surface area (Å²) in [5.74, 6) is 0.0640. The van der Waals surface area contributed by atoms with Crippen LogP contribution >= 0.6 is 0 Å². The maximum atomic E-state index is 11.9. The quantitative estimate of drug-likeness (QED) is 0.0993. The van der Waals surface area contributed by atoms with Crippen molar-refractivity contribution in [2.45, 2.75) is 12.8 Å². The normalized spacial score (nSPS) is 10.9. The molecule has 0 atom stereocenters. The maximum Gasteiger partial charge on any atom is 0.159 e. The van der Waals surface area contributed by atoms with E-state index >= 15 is 0 Å². The van der Waals surface area contributed by atoms with E-state index in [1.807, 2.05) is 24.3 Å². The zero-order chi connectivity index (χ0) is 36.7. The van der Waals surface area contributed by atoms with Gasteiger partial charge in [0.15, 0.2) is 5.78 Å². The average Bonchev–Trinajstić information content (AvgIpc) is 3.24. The van der Waals surface area contributed by atoms with Crippen molar-refractivity contribution in [2.24, 2.45) is 0 Å². The van der Waals surface area contributed by atoms with Crippen molar-refractivity contribution in [3.63, 3.8) is 0 Å². The fourth-order valence-electron chi connectivity index (χ4n) is 7.18. The monoisotopic (exact) mass is 696 g/mol. The van der Waals surface area contributed by atoms with Crippen LogP contribution in [0, 0.1) is 0 Å². The number of carbonyl (C=O) groups is 1. The molecule has 8 aromatic rings. The van der Waals surface area contributed by atoms with Gasteiger partial charge in [-0.1, -0.05) is 146 Å². The van der Waals surface area contributed by atoms with Crippen LogP contribution in [-0.4, -0.2) is 5.78 Å². The topological polar surface area (TPSA) is 23.6 Å². The molecule has 0 spiro atoms. The Labute approximate surface area is 318 Å². The standard InChI is InChI=1S/C51H40N2O/c1-38(54)39-22-24-40(25-23-39)41-26-28-42(29-27-41)51(43-30-34-49(35-31-43)52(45-14-6-2-7-15-45)46-16-8-3-9-17-46)44-32-36-50(37-33-44)53(47-18-10-4-11-19-47)48-20-12-5-13-21-48/h2-37,51H,1H3. The Balaban J connectivity index is 1.19. The smallest absolute Gasteiger partial charge is 0.159 e. The van der Waals surface area contributed by atoms with Crippen LogP contribution in [-0.2, 0) is 0 Å².